The summed E-state index contributed by atoms with van der Waals surface area (Å²) in [7, 11) is 0. The van der Waals surface area contributed by atoms with E-state index >= 15 is 0 Å². The lowest BCUT2D eigenvalue weighted by Gasteiger charge is -2.11. The highest BCUT2D eigenvalue weighted by atomic mass is 35.5. The zero-order chi connectivity index (χ0) is 17.9. The molecule has 0 saturated heterocycles. The number of pyridine rings is 1. The Hall–Kier alpha value is -3.51. The molecule has 2 heterocycles. The number of rotatable bonds is 4. The van der Waals surface area contributed by atoms with Gasteiger partial charge in [-0.25, -0.2) is 9.97 Å². The number of nitrogens with two attached hydrogens (primary N) is 1. The van der Waals surface area contributed by atoms with E-state index in [-0.39, 0.29) is 12.4 Å². The van der Waals surface area contributed by atoms with Gasteiger partial charge in [0, 0.05) is 34.6 Å². The second kappa shape index (κ2) is 7.80. The Labute approximate surface area is 161 Å². The summed E-state index contributed by atoms with van der Waals surface area (Å²) in [6.07, 6.45) is 3.42. The number of hydrogen-bond acceptors (Lipinski definition) is 5. The van der Waals surface area contributed by atoms with Gasteiger partial charge in [0.25, 0.3) is 0 Å². The molecular weight excluding hydrogens is 362 g/mol. The molecule has 27 heavy (non-hydrogen) atoms. The van der Waals surface area contributed by atoms with Crippen LogP contribution in [0.15, 0.2) is 73.1 Å². The van der Waals surface area contributed by atoms with Gasteiger partial charge >= 0.3 is 0 Å². The first-order chi connectivity index (χ1) is 12.7. The lowest BCUT2D eigenvalue weighted by atomic mass is 10.2. The SMILES string of the molecule is Cl.NC(=O)c1ccc(Nc2nc(-c3ccncc3)nc3ccccc23)cc1. The van der Waals surface area contributed by atoms with Crippen molar-refractivity contribution in [3.05, 3.63) is 78.6 Å². The summed E-state index contributed by atoms with van der Waals surface area (Å²) in [6, 6.07) is 18.5. The topological polar surface area (TPSA) is 93.8 Å². The Balaban J connectivity index is 0.00000210. The van der Waals surface area contributed by atoms with E-state index in [9.17, 15) is 4.79 Å². The van der Waals surface area contributed by atoms with Gasteiger partial charge in [0.2, 0.25) is 5.91 Å². The van der Waals surface area contributed by atoms with Gasteiger partial charge < -0.3 is 11.1 Å². The highest BCUT2D eigenvalue weighted by molar-refractivity contribution is 5.94. The number of primary amides is 1. The van der Waals surface area contributed by atoms with Gasteiger partial charge in [-0.3, -0.25) is 9.78 Å². The highest BCUT2D eigenvalue weighted by Gasteiger charge is 2.10. The molecule has 2 aromatic carbocycles. The maximum Gasteiger partial charge on any atom is 0.248 e. The maximum absolute atomic E-state index is 11.2. The number of nitrogens with zero attached hydrogens (tertiary/aromatic N) is 3. The predicted molar refractivity (Wildman–Crippen MR) is 108 cm³/mol. The third-order valence-corrected chi connectivity index (χ3v) is 3.97. The number of hydrogen-bond donors (Lipinski definition) is 2. The number of aromatic nitrogens is 3. The molecular formula is C20H16ClN5O. The van der Waals surface area contributed by atoms with Crippen molar-refractivity contribution in [1.29, 1.82) is 0 Å². The van der Waals surface area contributed by atoms with E-state index in [1.54, 1.807) is 36.7 Å². The third-order valence-electron chi connectivity index (χ3n) is 3.97. The minimum absolute atomic E-state index is 0. The van der Waals surface area contributed by atoms with E-state index in [0.717, 1.165) is 22.2 Å². The summed E-state index contributed by atoms with van der Waals surface area (Å²) >= 11 is 0. The van der Waals surface area contributed by atoms with E-state index in [2.05, 4.69) is 20.3 Å². The Morgan fingerprint density at radius 3 is 2.30 bits per heavy atom. The van der Waals surface area contributed by atoms with Crippen LogP contribution >= 0.6 is 12.4 Å². The number of halogens is 1. The number of nitrogens with one attached hydrogen (secondary N) is 1. The molecule has 0 saturated carbocycles. The fraction of sp³-hybridized carbons (Fsp3) is 0. The molecule has 0 spiro atoms. The van der Waals surface area contributed by atoms with Crippen LogP contribution in [0.5, 0.6) is 0 Å². The minimum Gasteiger partial charge on any atom is -0.366 e. The fourth-order valence-corrected chi connectivity index (χ4v) is 2.66. The summed E-state index contributed by atoms with van der Waals surface area (Å²) in [5.74, 6) is 0.848. The molecule has 0 radical (unpaired) electrons. The van der Waals surface area contributed by atoms with Crippen LogP contribution < -0.4 is 11.1 Å². The normalized spacial score (nSPS) is 10.2. The molecule has 0 unspecified atom stereocenters. The zero-order valence-corrected chi connectivity index (χ0v) is 15.0. The average molecular weight is 378 g/mol. The molecule has 4 aromatic rings. The second-order valence-electron chi connectivity index (χ2n) is 5.72. The summed E-state index contributed by atoms with van der Waals surface area (Å²) in [4.78, 5) is 24.6. The first kappa shape index (κ1) is 18.3. The highest BCUT2D eigenvalue weighted by Crippen LogP contribution is 2.27. The molecule has 0 aliphatic rings. The van der Waals surface area contributed by atoms with E-state index in [1.807, 2.05) is 36.4 Å². The molecule has 2 aromatic heterocycles. The molecule has 0 aliphatic heterocycles. The molecule has 7 heteroatoms. The molecule has 0 aliphatic carbocycles. The smallest absolute Gasteiger partial charge is 0.248 e. The first-order valence-electron chi connectivity index (χ1n) is 8.05. The fourth-order valence-electron chi connectivity index (χ4n) is 2.66. The van der Waals surface area contributed by atoms with E-state index in [1.165, 1.54) is 0 Å². The lowest BCUT2D eigenvalue weighted by molar-refractivity contribution is 0.100. The summed E-state index contributed by atoms with van der Waals surface area (Å²) < 4.78 is 0. The summed E-state index contributed by atoms with van der Waals surface area (Å²) in [5.41, 5.74) is 8.28. The Bertz CT molecular complexity index is 1080. The van der Waals surface area contributed by atoms with E-state index in [0.29, 0.717) is 17.2 Å². The van der Waals surface area contributed by atoms with Gasteiger partial charge in [-0.2, -0.15) is 0 Å². The predicted octanol–water partition coefficient (Wildman–Crippen LogP) is 3.96. The Morgan fingerprint density at radius 1 is 0.889 bits per heavy atom. The third kappa shape index (κ3) is 3.86. The van der Waals surface area contributed by atoms with Gasteiger partial charge in [0.15, 0.2) is 5.82 Å². The van der Waals surface area contributed by atoms with Crippen LogP contribution in [-0.2, 0) is 0 Å². The van der Waals surface area contributed by atoms with Crippen molar-refractivity contribution < 1.29 is 4.79 Å². The number of anilines is 2. The van der Waals surface area contributed by atoms with E-state index in [4.69, 9.17) is 5.73 Å². The Morgan fingerprint density at radius 2 is 1.59 bits per heavy atom. The van der Waals surface area contributed by atoms with Crippen LogP contribution in [0.2, 0.25) is 0 Å². The number of amides is 1. The van der Waals surface area contributed by atoms with Gasteiger partial charge in [-0.05, 0) is 48.5 Å². The summed E-state index contributed by atoms with van der Waals surface area (Å²) in [6.45, 7) is 0. The molecule has 6 nitrogen and oxygen atoms in total. The van der Waals surface area contributed by atoms with Crippen molar-refractivity contribution in [3.8, 4) is 11.4 Å². The summed E-state index contributed by atoms with van der Waals surface area (Å²) in [5, 5.41) is 4.21. The largest absolute Gasteiger partial charge is 0.366 e. The zero-order valence-electron chi connectivity index (χ0n) is 14.2. The van der Waals surface area contributed by atoms with Crippen LogP contribution in [0.4, 0.5) is 11.5 Å². The molecule has 1 amide bonds. The van der Waals surface area contributed by atoms with Gasteiger partial charge in [0.05, 0.1) is 5.52 Å². The lowest BCUT2D eigenvalue weighted by Crippen LogP contribution is -2.10. The molecule has 4 rings (SSSR count). The van der Waals surface area contributed by atoms with Crippen LogP contribution in [-0.4, -0.2) is 20.9 Å². The number of para-hydroxylation sites is 1. The average Bonchev–Trinajstić information content (AvgIpc) is 2.69. The second-order valence-corrected chi connectivity index (χ2v) is 5.72. The molecule has 0 fully saturated rings. The molecule has 134 valence electrons. The van der Waals surface area contributed by atoms with Crippen LogP contribution in [0, 0.1) is 0 Å². The quantitative estimate of drug-likeness (QED) is 0.561. The van der Waals surface area contributed by atoms with Crippen molar-refractivity contribution >= 4 is 40.7 Å². The standard InChI is InChI=1S/C20H15N5O.ClH/c21-18(26)13-5-7-15(8-6-13)23-20-16-3-1-2-4-17(16)24-19(25-20)14-9-11-22-12-10-14;/h1-12H,(H2,21,26)(H,23,24,25);1H. The van der Waals surface area contributed by atoms with Crippen molar-refractivity contribution in [3.63, 3.8) is 0 Å². The van der Waals surface area contributed by atoms with Crippen molar-refractivity contribution in [2.45, 2.75) is 0 Å². The minimum atomic E-state index is -0.455. The van der Waals surface area contributed by atoms with Crippen LogP contribution in [0.3, 0.4) is 0 Å². The number of carbonyl (C=O) groups excluding carboxylic acids is 1. The van der Waals surface area contributed by atoms with Gasteiger partial charge in [-0.15, -0.1) is 12.4 Å². The van der Waals surface area contributed by atoms with Crippen molar-refractivity contribution in [2.24, 2.45) is 5.73 Å². The maximum atomic E-state index is 11.2. The van der Waals surface area contributed by atoms with Gasteiger partial charge in [-0.1, -0.05) is 12.1 Å². The molecule has 0 atom stereocenters. The van der Waals surface area contributed by atoms with E-state index < -0.39 is 5.91 Å². The number of benzene rings is 2. The van der Waals surface area contributed by atoms with Crippen LogP contribution in [0.1, 0.15) is 10.4 Å². The number of fused-ring (bicyclic) bond motifs is 1. The Kier molecular flexibility index (Phi) is 5.28. The van der Waals surface area contributed by atoms with Gasteiger partial charge in [0.1, 0.15) is 5.82 Å². The van der Waals surface area contributed by atoms with Crippen molar-refractivity contribution in [2.75, 3.05) is 5.32 Å². The first-order valence-corrected chi connectivity index (χ1v) is 8.05. The molecule has 0 bridgehead atoms. The van der Waals surface area contributed by atoms with Crippen LogP contribution in [0.25, 0.3) is 22.3 Å². The number of carbonyl (C=O) groups is 1. The van der Waals surface area contributed by atoms with Crippen molar-refractivity contribution in [1.82, 2.24) is 15.0 Å². The molecule has 3 N–H and O–H groups in total. The monoisotopic (exact) mass is 377 g/mol.